The zero-order valence-electron chi connectivity index (χ0n) is 9.95. The van der Waals surface area contributed by atoms with Gasteiger partial charge in [0, 0.05) is 11.3 Å². The number of rotatable bonds is 6. The van der Waals surface area contributed by atoms with Gasteiger partial charge >= 0.3 is 0 Å². The van der Waals surface area contributed by atoms with Gasteiger partial charge in [0.25, 0.3) is 0 Å². The molecule has 1 aromatic carbocycles. The Hall–Kier alpha value is -0.540. The largest absolute Gasteiger partial charge is 0.327 e. The Kier molecular flexibility index (Phi) is 5.85. The summed E-state index contributed by atoms with van der Waals surface area (Å²) in [5.74, 6) is 0.901. The molecule has 0 saturated heterocycles. The first-order valence-corrected chi connectivity index (χ1v) is 6.82. The van der Waals surface area contributed by atoms with Gasteiger partial charge in [0.2, 0.25) is 0 Å². The molecule has 2 atom stereocenters. The number of unbranched alkanes of at least 4 members (excludes halogenated alkanes) is 1. The van der Waals surface area contributed by atoms with Crippen LogP contribution in [-0.2, 0) is 0 Å². The van der Waals surface area contributed by atoms with E-state index in [4.69, 9.17) is 5.73 Å². The number of benzene rings is 1. The van der Waals surface area contributed by atoms with E-state index in [0.717, 1.165) is 11.3 Å². The van der Waals surface area contributed by atoms with Crippen LogP contribution in [0, 0.1) is 5.82 Å². The Bertz CT molecular complexity index is 315. The van der Waals surface area contributed by atoms with Crippen molar-refractivity contribution in [1.82, 2.24) is 0 Å². The molecular formula is C13H20FNS. The zero-order chi connectivity index (χ0) is 12.0. The highest BCUT2D eigenvalue weighted by Crippen LogP contribution is 2.32. The summed E-state index contributed by atoms with van der Waals surface area (Å²) >= 11 is 1.82. The molecule has 0 aliphatic rings. The number of nitrogens with two attached hydrogens (primary N) is 1. The fourth-order valence-corrected chi connectivity index (χ4v) is 2.94. The lowest BCUT2D eigenvalue weighted by Crippen LogP contribution is -2.23. The minimum Gasteiger partial charge on any atom is -0.327 e. The Morgan fingerprint density at radius 2 is 2.19 bits per heavy atom. The molecule has 0 fully saturated rings. The van der Waals surface area contributed by atoms with Crippen molar-refractivity contribution >= 4 is 11.8 Å². The molecule has 1 nitrogen and oxygen atoms in total. The van der Waals surface area contributed by atoms with Crippen molar-refractivity contribution in [2.75, 3.05) is 5.75 Å². The summed E-state index contributed by atoms with van der Waals surface area (Å²) in [4.78, 5) is 0. The van der Waals surface area contributed by atoms with E-state index < -0.39 is 0 Å². The first-order valence-electron chi connectivity index (χ1n) is 5.77. The molecule has 2 N–H and O–H groups in total. The predicted molar refractivity (Wildman–Crippen MR) is 70.2 cm³/mol. The number of hydrogen-bond acceptors (Lipinski definition) is 2. The Morgan fingerprint density at radius 3 is 2.75 bits per heavy atom. The van der Waals surface area contributed by atoms with Crippen molar-refractivity contribution < 1.29 is 4.39 Å². The molecule has 90 valence electrons. The molecular weight excluding hydrogens is 221 g/mol. The monoisotopic (exact) mass is 241 g/mol. The summed E-state index contributed by atoms with van der Waals surface area (Å²) in [7, 11) is 0. The highest BCUT2D eigenvalue weighted by molar-refractivity contribution is 7.99. The van der Waals surface area contributed by atoms with Crippen LogP contribution in [0.1, 0.15) is 37.5 Å². The van der Waals surface area contributed by atoms with Crippen molar-refractivity contribution in [3.05, 3.63) is 35.6 Å². The molecule has 0 bridgehead atoms. The van der Waals surface area contributed by atoms with Crippen molar-refractivity contribution in [3.63, 3.8) is 0 Å². The Labute approximate surface area is 102 Å². The number of hydrogen-bond donors (Lipinski definition) is 1. The van der Waals surface area contributed by atoms with Gasteiger partial charge in [0.05, 0.1) is 0 Å². The fraction of sp³-hybridized carbons (Fsp3) is 0.538. The van der Waals surface area contributed by atoms with Crippen LogP contribution in [0.2, 0.25) is 0 Å². The number of thioether (sulfide) groups is 1. The van der Waals surface area contributed by atoms with E-state index in [1.54, 1.807) is 12.1 Å². The molecule has 0 aliphatic carbocycles. The summed E-state index contributed by atoms with van der Waals surface area (Å²) in [6.45, 7) is 4.15. The van der Waals surface area contributed by atoms with E-state index in [9.17, 15) is 4.39 Å². The average Bonchev–Trinajstić information content (AvgIpc) is 2.24. The molecule has 0 aromatic heterocycles. The second-order valence-electron chi connectivity index (χ2n) is 4.06. The van der Waals surface area contributed by atoms with Crippen molar-refractivity contribution in [1.29, 1.82) is 0 Å². The quantitative estimate of drug-likeness (QED) is 0.768. The maximum atomic E-state index is 13.1. The van der Waals surface area contributed by atoms with Gasteiger partial charge in [-0.05, 0) is 36.8 Å². The molecule has 2 unspecified atom stereocenters. The van der Waals surface area contributed by atoms with Gasteiger partial charge in [-0.2, -0.15) is 11.8 Å². The second kappa shape index (κ2) is 6.92. The van der Waals surface area contributed by atoms with E-state index in [-0.39, 0.29) is 17.1 Å². The average molecular weight is 241 g/mol. The molecule has 0 amide bonds. The summed E-state index contributed by atoms with van der Waals surface area (Å²) < 4.78 is 13.1. The van der Waals surface area contributed by atoms with Crippen LogP contribution in [0.4, 0.5) is 4.39 Å². The molecule has 3 heteroatoms. The van der Waals surface area contributed by atoms with E-state index >= 15 is 0 Å². The Balaban J connectivity index is 2.69. The van der Waals surface area contributed by atoms with E-state index in [1.807, 2.05) is 24.8 Å². The molecule has 0 aliphatic heterocycles. The molecule has 1 aromatic rings. The Morgan fingerprint density at radius 1 is 1.44 bits per heavy atom. The lowest BCUT2D eigenvalue weighted by atomic mass is 10.1. The highest BCUT2D eigenvalue weighted by atomic mass is 32.2. The van der Waals surface area contributed by atoms with Crippen molar-refractivity contribution in [2.24, 2.45) is 5.73 Å². The van der Waals surface area contributed by atoms with Crippen LogP contribution in [-0.4, -0.2) is 11.8 Å². The molecule has 1 rings (SSSR count). The molecule has 0 heterocycles. The first-order chi connectivity index (χ1) is 7.65. The van der Waals surface area contributed by atoms with E-state index in [0.29, 0.717) is 0 Å². The summed E-state index contributed by atoms with van der Waals surface area (Å²) in [5, 5.41) is 0.197. The van der Waals surface area contributed by atoms with E-state index in [2.05, 4.69) is 6.92 Å². The van der Waals surface area contributed by atoms with Gasteiger partial charge < -0.3 is 5.73 Å². The van der Waals surface area contributed by atoms with Crippen molar-refractivity contribution in [2.45, 2.75) is 38.0 Å². The topological polar surface area (TPSA) is 26.0 Å². The van der Waals surface area contributed by atoms with Crippen molar-refractivity contribution in [3.8, 4) is 0 Å². The van der Waals surface area contributed by atoms with E-state index in [1.165, 1.54) is 18.9 Å². The van der Waals surface area contributed by atoms with Gasteiger partial charge in [0.1, 0.15) is 5.82 Å². The van der Waals surface area contributed by atoms with Crippen LogP contribution in [0.25, 0.3) is 0 Å². The molecule has 16 heavy (non-hydrogen) atoms. The van der Waals surface area contributed by atoms with Gasteiger partial charge in [-0.3, -0.25) is 0 Å². The molecule has 0 radical (unpaired) electrons. The standard InChI is InChI=1S/C13H20FNS/c1-3-4-8-16-13(10(2)15)11-6-5-7-12(14)9-11/h5-7,9-10,13H,3-4,8,15H2,1-2H3. The van der Waals surface area contributed by atoms with Crippen LogP contribution in [0.3, 0.4) is 0 Å². The molecule has 0 saturated carbocycles. The number of halogens is 1. The smallest absolute Gasteiger partial charge is 0.123 e. The van der Waals surface area contributed by atoms with Crippen LogP contribution >= 0.6 is 11.8 Å². The maximum Gasteiger partial charge on any atom is 0.123 e. The van der Waals surface area contributed by atoms with Gasteiger partial charge in [-0.1, -0.05) is 25.5 Å². The third-order valence-corrected chi connectivity index (χ3v) is 4.04. The normalized spacial score (nSPS) is 14.8. The van der Waals surface area contributed by atoms with Gasteiger partial charge in [0.15, 0.2) is 0 Å². The third kappa shape index (κ3) is 4.14. The van der Waals surface area contributed by atoms with Crippen LogP contribution < -0.4 is 5.73 Å². The first kappa shape index (κ1) is 13.5. The third-order valence-electron chi connectivity index (χ3n) is 2.45. The fourth-order valence-electron chi connectivity index (χ4n) is 1.59. The van der Waals surface area contributed by atoms with Crippen LogP contribution in [0.15, 0.2) is 24.3 Å². The minimum absolute atomic E-state index is 0.0451. The maximum absolute atomic E-state index is 13.1. The summed E-state index contributed by atoms with van der Waals surface area (Å²) in [6, 6.07) is 6.81. The van der Waals surface area contributed by atoms with Crippen LogP contribution in [0.5, 0.6) is 0 Å². The zero-order valence-corrected chi connectivity index (χ0v) is 10.8. The predicted octanol–water partition coefficient (Wildman–Crippen LogP) is 3.75. The molecule has 0 spiro atoms. The second-order valence-corrected chi connectivity index (χ2v) is 5.31. The highest BCUT2D eigenvalue weighted by Gasteiger charge is 2.16. The summed E-state index contributed by atoms with van der Waals surface area (Å²) in [6.07, 6.45) is 2.37. The summed E-state index contributed by atoms with van der Waals surface area (Å²) in [5.41, 5.74) is 6.95. The lowest BCUT2D eigenvalue weighted by molar-refractivity contribution is 0.621. The lowest BCUT2D eigenvalue weighted by Gasteiger charge is -2.20. The minimum atomic E-state index is -0.181. The van der Waals surface area contributed by atoms with Gasteiger partial charge in [-0.25, -0.2) is 4.39 Å². The van der Waals surface area contributed by atoms with Gasteiger partial charge in [-0.15, -0.1) is 0 Å². The SMILES string of the molecule is CCCCSC(c1cccc(F)c1)C(C)N.